The van der Waals surface area contributed by atoms with Crippen molar-refractivity contribution in [2.75, 3.05) is 13.1 Å². The van der Waals surface area contributed by atoms with Crippen LogP contribution in [0.4, 0.5) is 0 Å². The molecule has 1 fully saturated rings. The monoisotopic (exact) mass is 194 g/mol. The topological polar surface area (TPSA) is 41.1 Å². The highest BCUT2D eigenvalue weighted by Crippen LogP contribution is 2.15. The van der Waals surface area contributed by atoms with Crippen LogP contribution in [-0.4, -0.2) is 25.0 Å². The molecular formula is C11H18N2O. The number of rotatable bonds is 2. The van der Waals surface area contributed by atoms with Crippen LogP contribution in [0.3, 0.4) is 0 Å². The van der Waals surface area contributed by atoms with Crippen molar-refractivity contribution in [1.29, 1.82) is 0 Å². The maximum atomic E-state index is 11.6. The summed E-state index contributed by atoms with van der Waals surface area (Å²) in [5.74, 6) is 5.91. The average molecular weight is 194 g/mol. The molecule has 1 aliphatic heterocycles. The van der Waals surface area contributed by atoms with Crippen molar-refractivity contribution in [2.24, 2.45) is 5.92 Å². The van der Waals surface area contributed by atoms with Crippen LogP contribution in [0.15, 0.2) is 0 Å². The zero-order chi connectivity index (χ0) is 10.4. The highest BCUT2D eigenvalue weighted by molar-refractivity contribution is 5.79. The van der Waals surface area contributed by atoms with Crippen LogP contribution >= 0.6 is 0 Å². The van der Waals surface area contributed by atoms with Crippen LogP contribution in [-0.2, 0) is 4.79 Å². The summed E-state index contributed by atoms with van der Waals surface area (Å²) < 4.78 is 0. The van der Waals surface area contributed by atoms with Crippen molar-refractivity contribution in [1.82, 2.24) is 10.6 Å². The third kappa shape index (κ3) is 3.39. The van der Waals surface area contributed by atoms with Crippen LogP contribution in [0.5, 0.6) is 0 Å². The lowest BCUT2D eigenvalue weighted by Gasteiger charge is -2.26. The molecule has 2 atom stereocenters. The molecule has 0 aromatic rings. The van der Waals surface area contributed by atoms with E-state index in [9.17, 15) is 4.79 Å². The van der Waals surface area contributed by atoms with E-state index in [1.54, 1.807) is 6.92 Å². The number of nitrogens with one attached hydrogen (secondary N) is 2. The Labute approximate surface area is 85.6 Å². The lowest BCUT2D eigenvalue weighted by atomic mass is 9.92. The molecule has 0 saturated carbocycles. The van der Waals surface area contributed by atoms with Crippen LogP contribution < -0.4 is 10.6 Å². The fourth-order valence-electron chi connectivity index (χ4n) is 1.73. The highest BCUT2D eigenvalue weighted by Gasteiger charge is 2.23. The van der Waals surface area contributed by atoms with E-state index in [0.717, 1.165) is 19.4 Å². The first-order valence-corrected chi connectivity index (χ1v) is 5.14. The lowest BCUT2D eigenvalue weighted by molar-refractivity contribution is -0.125. The Morgan fingerprint density at radius 1 is 1.64 bits per heavy atom. The lowest BCUT2D eigenvalue weighted by Crippen LogP contribution is -2.42. The van der Waals surface area contributed by atoms with E-state index < -0.39 is 0 Å². The number of hydrogen-bond acceptors (Lipinski definition) is 2. The van der Waals surface area contributed by atoms with Crippen LogP contribution in [0.2, 0.25) is 0 Å². The van der Waals surface area contributed by atoms with Gasteiger partial charge in [0, 0.05) is 12.0 Å². The molecule has 1 saturated heterocycles. The van der Waals surface area contributed by atoms with Gasteiger partial charge in [-0.05, 0) is 33.2 Å². The van der Waals surface area contributed by atoms with Crippen molar-refractivity contribution in [3.05, 3.63) is 0 Å². The van der Waals surface area contributed by atoms with Gasteiger partial charge in [-0.15, -0.1) is 5.92 Å². The minimum absolute atomic E-state index is 0.154. The summed E-state index contributed by atoms with van der Waals surface area (Å²) in [6, 6.07) is 0.455. The predicted molar refractivity (Wildman–Crippen MR) is 56.6 cm³/mol. The second kappa shape index (κ2) is 5.66. The largest absolute Gasteiger partial charge is 0.345 e. The van der Waals surface area contributed by atoms with Gasteiger partial charge in [-0.2, -0.15) is 0 Å². The molecule has 1 aliphatic rings. The van der Waals surface area contributed by atoms with E-state index in [4.69, 9.17) is 0 Å². The van der Waals surface area contributed by atoms with Crippen molar-refractivity contribution < 1.29 is 4.79 Å². The molecule has 0 spiro atoms. The average Bonchev–Trinajstić information content (AvgIpc) is 2.18. The first kappa shape index (κ1) is 11.1. The van der Waals surface area contributed by atoms with Gasteiger partial charge < -0.3 is 10.6 Å². The van der Waals surface area contributed by atoms with E-state index in [2.05, 4.69) is 29.4 Å². The highest BCUT2D eigenvalue weighted by atomic mass is 16.1. The molecule has 1 heterocycles. The van der Waals surface area contributed by atoms with E-state index >= 15 is 0 Å². The Morgan fingerprint density at radius 2 is 2.43 bits per heavy atom. The zero-order valence-corrected chi connectivity index (χ0v) is 8.89. The molecule has 1 amide bonds. The Balaban J connectivity index is 2.31. The van der Waals surface area contributed by atoms with Crippen molar-refractivity contribution >= 4 is 5.91 Å². The third-order valence-corrected chi connectivity index (χ3v) is 2.52. The summed E-state index contributed by atoms with van der Waals surface area (Å²) in [7, 11) is 0. The Morgan fingerprint density at radius 3 is 3.07 bits per heavy atom. The van der Waals surface area contributed by atoms with Gasteiger partial charge in [0.25, 0.3) is 0 Å². The maximum Gasteiger partial charge on any atom is 0.223 e. The van der Waals surface area contributed by atoms with Gasteiger partial charge in [-0.25, -0.2) is 0 Å². The molecule has 3 heteroatoms. The molecule has 0 radical (unpaired) electrons. The standard InChI is InChI=1S/C11H18N2O/c1-3-4-6-13-11(14)10-5-7-12-9(2)8-10/h9-10,12H,5-8H2,1-2H3,(H,13,14)/t9-,10-/m0/s1. The molecule has 3 nitrogen and oxygen atoms in total. The van der Waals surface area contributed by atoms with Gasteiger partial charge in [-0.1, -0.05) is 5.92 Å². The van der Waals surface area contributed by atoms with Gasteiger partial charge in [0.05, 0.1) is 6.54 Å². The van der Waals surface area contributed by atoms with Gasteiger partial charge in [0.2, 0.25) is 5.91 Å². The van der Waals surface area contributed by atoms with Crippen LogP contribution in [0.1, 0.15) is 26.7 Å². The number of carbonyl (C=O) groups is 1. The molecule has 0 unspecified atom stereocenters. The molecule has 2 N–H and O–H groups in total. The number of amides is 1. The zero-order valence-electron chi connectivity index (χ0n) is 8.89. The molecule has 78 valence electrons. The van der Waals surface area contributed by atoms with Crippen molar-refractivity contribution in [3.63, 3.8) is 0 Å². The fraction of sp³-hybridized carbons (Fsp3) is 0.727. The molecule has 0 aromatic heterocycles. The SMILES string of the molecule is CC#CCNC(=O)[C@H]1CCN[C@@H](C)C1. The van der Waals surface area contributed by atoms with Crippen LogP contribution in [0, 0.1) is 17.8 Å². The van der Waals surface area contributed by atoms with E-state index in [1.807, 2.05) is 0 Å². The summed E-state index contributed by atoms with van der Waals surface area (Å²) >= 11 is 0. The predicted octanol–water partition coefficient (Wildman–Crippen LogP) is 0.514. The minimum atomic E-state index is 0.154. The Hall–Kier alpha value is -1.01. The Bertz CT molecular complexity index is 252. The second-order valence-corrected chi connectivity index (χ2v) is 3.72. The first-order chi connectivity index (χ1) is 6.74. The molecule has 0 bridgehead atoms. The quantitative estimate of drug-likeness (QED) is 0.629. The summed E-state index contributed by atoms with van der Waals surface area (Å²) in [4.78, 5) is 11.6. The molecular weight excluding hydrogens is 176 g/mol. The van der Waals surface area contributed by atoms with E-state index in [1.165, 1.54) is 0 Å². The smallest absolute Gasteiger partial charge is 0.223 e. The van der Waals surface area contributed by atoms with Crippen molar-refractivity contribution in [2.45, 2.75) is 32.7 Å². The fourth-order valence-corrected chi connectivity index (χ4v) is 1.73. The maximum absolute atomic E-state index is 11.6. The van der Waals surface area contributed by atoms with E-state index in [-0.39, 0.29) is 11.8 Å². The summed E-state index contributed by atoms with van der Waals surface area (Å²) in [5.41, 5.74) is 0. The number of piperidine rings is 1. The van der Waals surface area contributed by atoms with Crippen LogP contribution in [0.25, 0.3) is 0 Å². The normalized spacial score (nSPS) is 26.1. The molecule has 14 heavy (non-hydrogen) atoms. The van der Waals surface area contributed by atoms with Gasteiger partial charge in [0.15, 0.2) is 0 Å². The second-order valence-electron chi connectivity index (χ2n) is 3.72. The van der Waals surface area contributed by atoms with Gasteiger partial charge >= 0.3 is 0 Å². The molecule has 0 aromatic carbocycles. The minimum Gasteiger partial charge on any atom is -0.345 e. The van der Waals surface area contributed by atoms with Gasteiger partial charge in [-0.3, -0.25) is 4.79 Å². The first-order valence-electron chi connectivity index (χ1n) is 5.14. The van der Waals surface area contributed by atoms with Crippen molar-refractivity contribution in [3.8, 4) is 11.8 Å². The summed E-state index contributed by atoms with van der Waals surface area (Å²) in [5, 5.41) is 6.16. The Kier molecular flexibility index (Phi) is 4.48. The van der Waals surface area contributed by atoms with E-state index in [0.29, 0.717) is 12.6 Å². The summed E-state index contributed by atoms with van der Waals surface area (Å²) in [6.07, 6.45) is 1.88. The number of carbonyl (C=O) groups excluding carboxylic acids is 1. The molecule has 0 aliphatic carbocycles. The third-order valence-electron chi connectivity index (χ3n) is 2.52. The molecule has 1 rings (SSSR count). The van der Waals surface area contributed by atoms with Gasteiger partial charge in [0.1, 0.15) is 0 Å². The summed E-state index contributed by atoms with van der Waals surface area (Å²) in [6.45, 7) is 5.32. The number of hydrogen-bond donors (Lipinski definition) is 2.